The number of amidine groups is 1. The van der Waals surface area contributed by atoms with Crippen LogP contribution in [0.15, 0.2) is 41.6 Å². The topological polar surface area (TPSA) is 60.8 Å². The molecule has 2 aromatic rings. The number of fused-ring (bicyclic) bond motifs is 4. The molecule has 0 aliphatic carbocycles. The first-order chi connectivity index (χ1) is 15.3. The number of amides is 1. The van der Waals surface area contributed by atoms with Crippen molar-refractivity contribution >= 4 is 23.3 Å². The summed E-state index contributed by atoms with van der Waals surface area (Å²) in [5.41, 5.74) is -1.56. The standard InChI is InChI=1S/C21H18ClF4N5O/c22-17-12(7-8-13(23)16(17)21(24,25)26)20(32)31-19-15-6-3-4-11(28-15)10-30(19)18(29-31)14-5-1-2-9-27-14/h1-2,5,7-9,11,15,19,28H,3-4,6,10H2. The second kappa shape index (κ2) is 7.70. The van der Waals surface area contributed by atoms with Crippen LogP contribution in [-0.4, -0.2) is 51.4 Å². The van der Waals surface area contributed by atoms with E-state index in [1.54, 1.807) is 24.4 Å². The molecule has 4 heterocycles. The predicted molar refractivity (Wildman–Crippen MR) is 108 cm³/mol. The number of pyridine rings is 1. The van der Waals surface area contributed by atoms with Gasteiger partial charge in [0.25, 0.3) is 5.91 Å². The average molecular weight is 468 g/mol. The van der Waals surface area contributed by atoms with Crippen LogP contribution in [0, 0.1) is 5.82 Å². The Labute approximate surface area is 185 Å². The number of piperidine rings is 1. The molecule has 1 amide bonds. The highest BCUT2D eigenvalue weighted by Crippen LogP contribution is 2.40. The van der Waals surface area contributed by atoms with Gasteiger partial charge in [-0.15, -0.1) is 5.10 Å². The number of nitrogens with one attached hydrogen (secondary N) is 1. The molecule has 168 valence electrons. The molecule has 11 heteroatoms. The molecular formula is C21H18ClF4N5O. The molecule has 1 N–H and O–H groups in total. The fraction of sp³-hybridized carbons (Fsp3) is 0.381. The molecule has 0 spiro atoms. The van der Waals surface area contributed by atoms with Gasteiger partial charge in [0.1, 0.15) is 23.2 Å². The van der Waals surface area contributed by atoms with E-state index in [4.69, 9.17) is 11.6 Å². The van der Waals surface area contributed by atoms with Crippen LogP contribution in [0.1, 0.15) is 40.9 Å². The third-order valence-corrected chi connectivity index (χ3v) is 6.44. The second-order valence-electron chi connectivity index (χ2n) is 8.04. The predicted octanol–water partition coefficient (Wildman–Crippen LogP) is 3.86. The highest BCUT2D eigenvalue weighted by Gasteiger charge is 2.49. The molecule has 1 aromatic carbocycles. The zero-order valence-corrected chi connectivity index (χ0v) is 17.4. The van der Waals surface area contributed by atoms with Gasteiger partial charge in [-0.25, -0.2) is 9.40 Å². The number of aromatic nitrogens is 1. The minimum absolute atomic E-state index is 0.127. The van der Waals surface area contributed by atoms with Crippen molar-refractivity contribution in [2.75, 3.05) is 6.54 Å². The number of carbonyl (C=O) groups is 1. The van der Waals surface area contributed by atoms with E-state index in [0.29, 0.717) is 24.1 Å². The molecule has 5 rings (SSSR count). The summed E-state index contributed by atoms with van der Waals surface area (Å²) in [5, 5.41) is 8.16. The van der Waals surface area contributed by atoms with Gasteiger partial charge in [-0.3, -0.25) is 9.78 Å². The summed E-state index contributed by atoms with van der Waals surface area (Å²) in [7, 11) is 0. The summed E-state index contributed by atoms with van der Waals surface area (Å²) in [6.07, 6.45) is -1.28. The van der Waals surface area contributed by atoms with Crippen molar-refractivity contribution in [1.82, 2.24) is 20.2 Å². The van der Waals surface area contributed by atoms with E-state index in [1.165, 1.54) is 0 Å². The molecule has 3 atom stereocenters. The Morgan fingerprint density at radius 2 is 2.00 bits per heavy atom. The lowest BCUT2D eigenvalue weighted by atomic mass is 9.91. The van der Waals surface area contributed by atoms with Crippen molar-refractivity contribution in [3.05, 3.63) is 64.2 Å². The Hall–Kier alpha value is -2.72. The molecule has 2 saturated heterocycles. The van der Waals surface area contributed by atoms with Gasteiger partial charge in [-0.2, -0.15) is 13.2 Å². The monoisotopic (exact) mass is 467 g/mol. The maximum atomic E-state index is 13.9. The highest BCUT2D eigenvalue weighted by atomic mass is 35.5. The van der Waals surface area contributed by atoms with Crippen molar-refractivity contribution in [2.45, 2.75) is 43.7 Å². The first kappa shape index (κ1) is 21.1. The van der Waals surface area contributed by atoms with Gasteiger partial charge >= 0.3 is 6.18 Å². The van der Waals surface area contributed by atoms with Crippen molar-refractivity contribution < 1.29 is 22.4 Å². The molecule has 2 bridgehead atoms. The van der Waals surface area contributed by atoms with Gasteiger partial charge in [0.05, 0.1) is 10.6 Å². The van der Waals surface area contributed by atoms with Gasteiger partial charge in [-0.1, -0.05) is 24.1 Å². The number of piperazine rings is 1. The fourth-order valence-corrected chi connectivity index (χ4v) is 5.03. The van der Waals surface area contributed by atoms with Crippen molar-refractivity contribution in [3.8, 4) is 0 Å². The number of hydrogen-bond donors (Lipinski definition) is 1. The van der Waals surface area contributed by atoms with E-state index in [1.807, 2.05) is 4.90 Å². The molecule has 3 unspecified atom stereocenters. The molecule has 1 aromatic heterocycles. The van der Waals surface area contributed by atoms with Crippen molar-refractivity contribution in [1.29, 1.82) is 0 Å². The van der Waals surface area contributed by atoms with E-state index < -0.39 is 40.2 Å². The lowest BCUT2D eigenvalue weighted by molar-refractivity contribution is -0.139. The molecule has 32 heavy (non-hydrogen) atoms. The smallest absolute Gasteiger partial charge is 0.328 e. The van der Waals surface area contributed by atoms with Gasteiger partial charge in [0, 0.05) is 24.8 Å². The number of halogens is 5. The Kier molecular flexibility index (Phi) is 5.09. The quantitative estimate of drug-likeness (QED) is 0.681. The molecular weight excluding hydrogens is 450 g/mol. The summed E-state index contributed by atoms with van der Waals surface area (Å²) in [4.78, 5) is 19.7. The molecule has 2 fully saturated rings. The SMILES string of the molecule is O=C(c1ccc(F)c(C(F)(F)F)c1Cl)N1N=C(c2ccccn2)N2CC3CCCC(N3)C21. The maximum absolute atomic E-state index is 13.9. The van der Waals surface area contributed by atoms with E-state index >= 15 is 0 Å². The second-order valence-corrected chi connectivity index (χ2v) is 8.41. The Morgan fingerprint density at radius 1 is 1.19 bits per heavy atom. The summed E-state index contributed by atoms with van der Waals surface area (Å²) < 4.78 is 53.9. The highest BCUT2D eigenvalue weighted by molar-refractivity contribution is 6.34. The van der Waals surface area contributed by atoms with Gasteiger partial charge < -0.3 is 10.2 Å². The zero-order chi connectivity index (χ0) is 22.6. The molecule has 3 aliphatic rings. The number of rotatable bonds is 2. The van der Waals surface area contributed by atoms with E-state index in [-0.39, 0.29) is 12.1 Å². The van der Waals surface area contributed by atoms with Crippen LogP contribution in [0.25, 0.3) is 0 Å². The molecule has 0 saturated carbocycles. The Balaban J connectivity index is 1.59. The number of alkyl halides is 3. The van der Waals surface area contributed by atoms with Crippen LogP contribution in [0.2, 0.25) is 5.02 Å². The van der Waals surface area contributed by atoms with Crippen LogP contribution in [-0.2, 0) is 6.18 Å². The van der Waals surface area contributed by atoms with E-state index in [9.17, 15) is 22.4 Å². The number of hydrazone groups is 1. The van der Waals surface area contributed by atoms with Crippen LogP contribution < -0.4 is 5.32 Å². The molecule has 3 aliphatic heterocycles. The zero-order valence-electron chi connectivity index (χ0n) is 16.6. The first-order valence-electron chi connectivity index (χ1n) is 10.2. The summed E-state index contributed by atoms with van der Waals surface area (Å²) in [5.74, 6) is -1.89. The van der Waals surface area contributed by atoms with Gasteiger partial charge in [0.2, 0.25) is 0 Å². The summed E-state index contributed by atoms with van der Waals surface area (Å²) >= 11 is 5.91. The fourth-order valence-electron chi connectivity index (χ4n) is 4.69. The Morgan fingerprint density at radius 3 is 2.72 bits per heavy atom. The minimum atomic E-state index is -5.04. The van der Waals surface area contributed by atoms with Crippen LogP contribution in [0.3, 0.4) is 0 Å². The van der Waals surface area contributed by atoms with Gasteiger partial charge in [-0.05, 0) is 37.1 Å². The van der Waals surface area contributed by atoms with E-state index in [0.717, 1.165) is 30.3 Å². The lowest BCUT2D eigenvalue weighted by Crippen LogP contribution is -2.67. The van der Waals surface area contributed by atoms with Crippen LogP contribution >= 0.6 is 11.6 Å². The summed E-state index contributed by atoms with van der Waals surface area (Å²) in [6, 6.07) is 6.96. The number of nitrogens with zero attached hydrogens (tertiary/aromatic N) is 4. The van der Waals surface area contributed by atoms with Crippen molar-refractivity contribution in [3.63, 3.8) is 0 Å². The largest absolute Gasteiger partial charge is 0.420 e. The molecule has 0 radical (unpaired) electrons. The summed E-state index contributed by atoms with van der Waals surface area (Å²) in [6.45, 7) is 0.575. The van der Waals surface area contributed by atoms with Crippen LogP contribution in [0.5, 0.6) is 0 Å². The average Bonchev–Trinajstić information content (AvgIpc) is 3.13. The van der Waals surface area contributed by atoms with Crippen molar-refractivity contribution in [2.24, 2.45) is 5.10 Å². The van der Waals surface area contributed by atoms with Gasteiger partial charge in [0.15, 0.2) is 5.84 Å². The third kappa shape index (κ3) is 3.41. The Bertz CT molecular complexity index is 1090. The number of hydrogen-bond acceptors (Lipinski definition) is 5. The number of benzene rings is 1. The normalized spacial score (nSPS) is 24.9. The first-order valence-corrected chi connectivity index (χ1v) is 10.5. The van der Waals surface area contributed by atoms with Crippen LogP contribution in [0.4, 0.5) is 17.6 Å². The maximum Gasteiger partial charge on any atom is 0.420 e. The van der Waals surface area contributed by atoms with E-state index in [2.05, 4.69) is 15.4 Å². The number of carbonyl (C=O) groups excluding carboxylic acids is 1. The lowest BCUT2D eigenvalue weighted by Gasteiger charge is -2.47. The minimum Gasteiger partial charge on any atom is -0.328 e. The third-order valence-electron chi connectivity index (χ3n) is 6.05. The molecule has 6 nitrogen and oxygen atoms in total.